The highest BCUT2D eigenvalue weighted by atomic mass is 28.4. The van der Waals surface area contributed by atoms with E-state index in [4.69, 9.17) is 0 Å². The predicted octanol–water partition coefficient (Wildman–Crippen LogP) is 18.3. The number of nitrogens with zero attached hydrogens (tertiary/aromatic N) is 2. The van der Waals surface area contributed by atoms with Gasteiger partial charge in [-0.05, 0) is 133 Å². The lowest BCUT2D eigenvalue weighted by atomic mass is 9.94. The molecule has 0 aromatic heterocycles. The molecule has 11 rings (SSSR count). The van der Waals surface area contributed by atoms with Gasteiger partial charge < -0.3 is 9.80 Å². The van der Waals surface area contributed by atoms with Crippen molar-refractivity contribution >= 4 is 71.8 Å². The van der Waals surface area contributed by atoms with Crippen molar-refractivity contribution in [2.24, 2.45) is 0 Å². The molecule has 4 heteroatoms. The summed E-state index contributed by atoms with van der Waals surface area (Å²) in [4.78, 5) is 4.94. The van der Waals surface area contributed by atoms with Crippen LogP contribution in [0.25, 0.3) is 54.9 Å². The fraction of sp³-hybridized carbons (Fsp3) is 0.111. The molecule has 10 aromatic rings. The minimum Gasteiger partial charge on any atom is -0.310 e. The maximum Gasteiger partial charge on any atom is 0.0579 e. The summed E-state index contributed by atoms with van der Waals surface area (Å²) in [5, 5.41) is 5.12. The number of anilines is 6. The van der Waals surface area contributed by atoms with Gasteiger partial charge in [-0.2, -0.15) is 0 Å². The van der Waals surface area contributed by atoms with Crippen molar-refractivity contribution in [3.63, 3.8) is 0 Å². The Balaban J connectivity index is 1.15. The second-order valence-corrected chi connectivity index (χ2v) is 31.2. The average molecular weight is 897 g/mol. The van der Waals surface area contributed by atoms with Gasteiger partial charge in [-0.3, -0.25) is 0 Å². The van der Waals surface area contributed by atoms with Crippen LogP contribution in [0.5, 0.6) is 0 Å². The number of para-hydroxylation sites is 2. The van der Waals surface area contributed by atoms with Crippen LogP contribution in [-0.4, -0.2) is 16.1 Å². The zero-order valence-corrected chi connectivity index (χ0v) is 41.3. The van der Waals surface area contributed by atoms with Crippen LogP contribution in [0, 0.1) is 0 Å². The molecule has 326 valence electrons. The fourth-order valence-electron chi connectivity index (χ4n) is 11.9. The number of hydrogen-bond donors (Lipinski definition) is 0. The topological polar surface area (TPSA) is 6.48 Å². The molecule has 0 heterocycles. The van der Waals surface area contributed by atoms with Crippen molar-refractivity contribution < 1.29 is 0 Å². The summed E-state index contributed by atoms with van der Waals surface area (Å²) in [6.45, 7) is 15.8. The van der Waals surface area contributed by atoms with Gasteiger partial charge in [0, 0.05) is 38.5 Å². The lowest BCUT2D eigenvalue weighted by Crippen LogP contribution is -2.63. The molecular formula is C63H56N2Si2. The number of hydrogen-bond acceptors (Lipinski definition) is 2. The van der Waals surface area contributed by atoms with Gasteiger partial charge in [0.15, 0.2) is 0 Å². The van der Waals surface area contributed by atoms with Gasteiger partial charge in [0.25, 0.3) is 0 Å². The van der Waals surface area contributed by atoms with E-state index in [0.717, 1.165) is 28.4 Å². The van der Waals surface area contributed by atoms with E-state index in [9.17, 15) is 0 Å². The Kier molecular flexibility index (Phi) is 10.5. The Morgan fingerprint density at radius 2 is 0.761 bits per heavy atom. The molecule has 0 spiro atoms. The first-order valence-electron chi connectivity index (χ1n) is 23.7. The minimum atomic E-state index is -2.10. The molecule has 0 fully saturated rings. The van der Waals surface area contributed by atoms with E-state index < -0.39 is 16.1 Å². The van der Waals surface area contributed by atoms with Gasteiger partial charge in [0.1, 0.15) is 0 Å². The molecule has 0 radical (unpaired) electrons. The molecule has 0 amide bonds. The minimum absolute atomic E-state index is 0.106. The monoisotopic (exact) mass is 896 g/mol. The summed E-state index contributed by atoms with van der Waals surface area (Å²) in [7, 11) is -4.21. The average Bonchev–Trinajstić information content (AvgIpc) is 3.66. The molecule has 1 aliphatic carbocycles. The van der Waals surface area contributed by atoms with E-state index in [2.05, 4.69) is 280 Å². The molecule has 0 aliphatic heterocycles. The van der Waals surface area contributed by atoms with Crippen molar-refractivity contribution in [2.75, 3.05) is 9.80 Å². The third-order valence-corrected chi connectivity index (χ3v) is 24.3. The second kappa shape index (κ2) is 16.6. The smallest absolute Gasteiger partial charge is 0.0579 e. The van der Waals surface area contributed by atoms with Gasteiger partial charge in [-0.1, -0.05) is 197 Å². The molecule has 10 aromatic carbocycles. The van der Waals surface area contributed by atoms with Gasteiger partial charge in [0.2, 0.25) is 0 Å². The maximum absolute atomic E-state index is 2.64. The first-order chi connectivity index (χ1) is 32.5. The summed E-state index contributed by atoms with van der Waals surface area (Å²) < 4.78 is -0.106. The zero-order valence-electron chi connectivity index (χ0n) is 39.3. The summed E-state index contributed by atoms with van der Waals surface area (Å²) in [6, 6.07) is 85.5. The fourth-order valence-corrected chi connectivity index (χ4v) is 24.9. The molecular weight excluding hydrogens is 841 g/mol. The van der Waals surface area contributed by atoms with E-state index in [1.807, 2.05) is 0 Å². The Labute approximate surface area is 398 Å². The standard InChI is InChI=1S/C63H56N2Si2/c1-66(2,3)63(67(4,5)6)59-43-50-41-55(64(51-29-15-9-16-30-51)53-33-21-27-47(39-53)45-23-11-7-12-24-45)38-37-49(50)42-58(59)62-57-36-20-19-35-56(57)61(44-60(62)63)65(52-31-17-10-18-32-52)54-34-22-28-48(40-54)46-25-13-8-14-26-46/h7-44H,1-6H3. The summed E-state index contributed by atoms with van der Waals surface area (Å²) in [5.74, 6) is 0. The number of rotatable bonds is 10. The lowest BCUT2D eigenvalue weighted by Gasteiger charge is -2.51. The molecule has 1 aliphatic rings. The van der Waals surface area contributed by atoms with Crippen LogP contribution in [-0.2, 0) is 4.66 Å². The van der Waals surface area contributed by atoms with Crippen molar-refractivity contribution in [3.8, 4) is 33.4 Å². The molecule has 0 N–H and O–H groups in total. The lowest BCUT2D eigenvalue weighted by molar-refractivity contribution is 0.954. The first kappa shape index (κ1) is 42.4. The summed E-state index contributed by atoms with van der Waals surface area (Å²) in [5.41, 5.74) is 17.6. The molecule has 0 bridgehead atoms. The van der Waals surface area contributed by atoms with Crippen LogP contribution in [0.4, 0.5) is 34.1 Å². The van der Waals surface area contributed by atoms with Crippen LogP contribution >= 0.6 is 0 Å². The largest absolute Gasteiger partial charge is 0.310 e. The SMILES string of the molecule is C[Si](C)(C)C1([Si](C)(C)C)c2cc3cc(N(c4ccccc4)c4cccc(-c5ccccc5)c4)ccc3cc2-c2c1cc(N(c1ccccc1)c1cccc(-c3ccccc3)c1)c1ccccc21. The highest BCUT2D eigenvalue weighted by Crippen LogP contribution is 2.62. The molecule has 0 unspecified atom stereocenters. The van der Waals surface area contributed by atoms with Crippen molar-refractivity contribution in [3.05, 3.63) is 242 Å². The zero-order chi connectivity index (χ0) is 45.9. The maximum atomic E-state index is 2.64. The highest BCUT2D eigenvalue weighted by molar-refractivity contribution is 6.99. The first-order valence-corrected chi connectivity index (χ1v) is 30.7. The van der Waals surface area contributed by atoms with Crippen molar-refractivity contribution in [1.82, 2.24) is 0 Å². The Morgan fingerprint density at radius 3 is 1.31 bits per heavy atom. The van der Waals surface area contributed by atoms with E-state index in [1.165, 1.54) is 71.7 Å². The quantitative estimate of drug-likeness (QED) is 0.126. The number of fused-ring (bicyclic) bond motifs is 6. The van der Waals surface area contributed by atoms with E-state index >= 15 is 0 Å². The molecule has 0 atom stereocenters. The van der Waals surface area contributed by atoms with Gasteiger partial charge in [-0.15, -0.1) is 0 Å². The third kappa shape index (κ3) is 7.14. The highest BCUT2D eigenvalue weighted by Gasteiger charge is 2.59. The van der Waals surface area contributed by atoms with Crippen LogP contribution in [0.15, 0.2) is 231 Å². The summed E-state index contributed by atoms with van der Waals surface area (Å²) in [6.07, 6.45) is 0. The van der Waals surface area contributed by atoms with Crippen LogP contribution in [0.2, 0.25) is 39.3 Å². The second-order valence-electron chi connectivity index (χ2n) is 20.2. The Morgan fingerprint density at radius 1 is 0.313 bits per heavy atom. The normalized spacial score (nSPS) is 13.0. The number of benzene rings is 10. The third-order valence-electron chi connectivity index (χ3n) is 14.3. The molecule has 0 saturated heterocycles. The Bertz CT molecular complexity index is 3410. The predicted molar refractivity (Wildman–Crippen MR) is 295 cm³/mol. The van der Waals surface area contributed by atoms with Gasteiger partial charge in [0.05, 0.1) is 21.8 Å². The van der Waals surface area contributed by atoms with Crippen LogP contribution < -0.4 is 9.80 Å². The van der Waals surface area contributed by atoms with Crippen LogP contribution in [0.1, 0.15) is 11.1 Å². The van der Waals surface area contributed by atoms with Crippen molar-refractivity contribution in [1.29, 1.82) is 0 Å². The van der Waals surface area contributed by atoms with Crippen molar-refractivity contribution in [2.45, 2.75) is 43.9 Å². The van der Waals surface area contributed by atoms with Gasteiger partial charge in [-0.25, -0.2) is 0 Å². The Hall–Kier alpha value is -7.25. The van der Waals surface area contributed by atoms with Crippen LogP contribution in [0.3, 0.4) is 0 Å². The molecule has 2 nitrogen and oxygen atoms in total. The van der Waals surface area contributed by atoms with E-state index in [1.54, 1.807) is 0 Å². The molecule has 0 saturated carbocycles. The van der Waals surface area contributed by atoms with E-state index in [-0.39, 0.29) is 4.66 Å². The van der Waals surface area contributed by atoms with E-state index in [0.29, 0.717) is 0 Å². The summed E-state index contributed by atoms with van der Waals surface area (Å²) >= 11 is 0. The molecule has 67 heavy (non-hydrogen) atoms. The van der Waals surface area contributed by atoms with Gasteiger partial charge >= 0.3 is 0 Å².